The van der Waals surface area contributed by atoms with E-state index in [1.807, 2.05) is 36.5 Å². The number of carbonyl (C=O) groups excluding carboxylic acids is 1. The number of rotatable bonds is 3. The van der Waals surface area contributed by atoms with E-state index in [0.717, 1.165) is 21.6 Å². The van der Waals surface area contributed by atoms with E-state index in [-0.39, 0.29) is 5.97 Å². The lowest BCUT2D eigenvalue weighted by molar-refractivity contribution is 0.0600. The third-order valence-electron chi connectivity index (χ3n) is 3.31. The van der Waals surface area contributed by atoms with Gasteiger partial charge in [0.2, 0.25) is 0 Å². The number of halogens is 1. The minimum atomic E-state index is -0.380. The second-order valence-electron chi connectivity index (χ2n) is 4.68. The van der Waals surface area contributed by atoms with Crippen molar-refractivity contribution in [3.8, 4) is 0 Å². The van der Waals surface area contributed by atoms with E-state index in [1.54, 1.807) is 6.07 Å². The maximum Gasteiger partial charge on any atom is 0.339 e. The van der Waals surface area contributed by atoms with Crippen LogP contribution in [0.2, 0.25) is 5.02 Å². The molecule has 0 radical (unpaired) electrons. The maximum absolute atomic E-state index is 11.4. The van der Waals surface area contributed by atoms with Crippen molar-refractivity contribution in [3.05, 3.63) is 65.1 Å². The summed E-state index contributed by atoms with van der Waals surface area (Å²) in [7, 11) is 1.35. The molecule has 3 rings (SSSR count). The van der Waals surface area contributed by atoms with Crippen LogP contribution < -0.4 is 0 Å². The standard InChI is InChI=1S/C16H13ClN2O2/c1-21-16(20)12-2-4-14(18-9-12)10-19-7-6-11-8-13(17)3-5-15(11)19/h2-9H,10H2,1H3. The molecular formula is C16H13ClN2O2. The summed E-state index contributed by atoms with van der Waals surface area (Å²) < 4.78 is 6.74. The molecular weight excluding hydrogens is 288 g/mol. The predicted molar refractivity (Wildman–Crippen MR) is 81.6 cm³/mol. The highest BCUT2D eigenvalue weighted by atomic mass is 35.5. The molecule has 0 fully saturated rings. The largest absolute Gasteiger partial charge is 0.465 e. The summed E-state index contributed by atoms with van der Waals surface area (Å²) >= 11 is 5.98. The molecule has 21 heavy (non-hydrogen) atoms. The van der Waals surface area contributed by atoms with Crippen molar-refractivity contribution in [3.63, 3.8) is 0 Å². The van der Waals surface area contributed by atoms with Crippen LogP contribution in [0.15, 0.2) is 48.8 Å². The second kappa shape index (κ2) is 5.58. The fraction of sp³-hybridized carbons (Fsp3) is 0.125. The number of esters is 1. The molecule has 0 saturated carbocycles. The molecule has 0 bridgehead atoms. The van der Waals surface area contributed by atoms with Gasteiger partial charge in [-0.2, -0.15) is 0 Å². The minimum absolute atomic E-state index is 0.380. The molecule has 3 aromatic rings. The molecule has 1 aromatic carbocycles. The predicted octanol–water partition coefficient (Wildman–Crippen LogP) is 3.52. The third-order valence-corrected chi connectivity index (χ3v) is 3.55. The van der Waals surface area contributed by atoms with Crippen molar-refractivity contribution in [1.82, 2.24) is 9.55 Å². The van der Waals surface area contributed by atoms with E-state index in [9.17, 15) is 4.79 Å². The highest BCUT2D eigenvalue weighted by Gasteiger charge is 2.07. The van der Waals surface area contributed by atoms with Crippen LogP contribution in [0.3, 0.4) is 0 Å². The van der Waals surface area contributed by atoms with E-state index in [2.05, 4.69) is 14.3 Å². The van der Waals surface area contributed by atoms with Gasteiger partial charge in [-0.1, -0.05) is 11.6 Å². The van der Waals surface area contributed by atoms with Crippen LogP contribution >= 0.6 is 11.6 Å². The second-order valence-corrected chi connectivity index (χ2v) is 5.11. The summed E-state index contributed by atoms with van der Waals surface area (Å²) in [6.07, 6.45) is 3.53. The van der Waals surface area contributed by atoms with Crippen molar-refractivity contribution in [2.75, 3.05) is 7.11 Å². The molecule has 0 aliphatic carbocycles. The van der Waals surface area contributed by atoms with Crippen LogP contribution in [0.5, 0.6) is 0 Å². The summed E-state index contributed by atoms with van der Waals surface area (Å²) in [6.45, 7) is 0.632. The van der Waals surface area contributed by atoms with Crippen LogP contribution in [0.4, 0.5) is 0 Å². The van der Waals surface area contributed by atoms with Gasteiger partial charge in [-0.25, -0.2) is 4.79 Å². The molecule has 2 heterocycles. The number of methoxy groups -OCH3 is 1. The monoisotopic (exact) mass is 300 g/mol. The number of ether oxygens (including phenoxy) is 1. The SMILES string of the molecule is COC(=O)c1ccc(Cn2ccc3cc(Cl)ccc32)nc1. The molecule has 0 aliphatic heterocycles. The average Bonchev–Trinajstić information content (AvgIpc) is 2.89. The normalized spacial score (nSPS) is 10.8. The van der Waals surface area contributed by atoms with Crippen molar-refractivity contribution in [2.24, 2.45) is 0 Å². The first kappa shape index (κ1) is 13.6. The Bertz CT molecular complexity index is 794. The maximum atomic E-state index is 11.4. The van der Waals surface area contributed by atoms with E-state index in [0.29, 0.717) is 12.1 Å². The number of benzene rings is 1. The van der Waals surface area contributed by atoms with Crippen LogP contribution in [-0.2, 0) is 11.3 Å². The van der Waals surface area contributed by atoms with Gasteiger partial charge in [0.25, 0.3) is 0 Å². The summed E-state index contributed by atoms with van der Waals surface area (Å²) in [6, 6.07) is 11.4. The zero-order valence-electron chi connectivity index (χ0n) is 11.4. The lowest BCUT2D eigenvalue weighted by Gasteiger charge is -2.06. The number of aromatic nitrogens is 2. The van der Waals surface area contributed by atoms with Crippen LogP contribution in [-0.4, -0.2) is 22.6 Å². The Hall–Kier alpha value is -2.33. The molecule has 106 valence electrons. The van der Waals surface area contributed by atoms with Crippen molar-refractivity contribution >= 4 is 28.5 Å². The highest BCUT2D eigenvalue weighted by molar-refractivity contribution is 6.31. The first-order valence-corrected chi connectivity index (χ1v) is 6.83. The fourth-order valence-corrected chi connectivity index (χ4v) is 2.42. The van der Waals surface area contributed by atoms with Crippen LogP contribution in [0, 0.1) is 0 Å². The van der Waals surface area contributed by atoms with Gasteiger partial charge in [0, 0.05) is 28.3 Å². The van der Waals surface area contributed by atoms with Crippen LogP contribution in [0.1, 0.15) is 16.1 Å². The Morgan fingerprint density at radius 1 is 1.29 bits per heavy atom. The highest BCUT2D eigenvalue weighted by Crippen LogP contribution is 2.21. The molecule has 0 saturated heterocycles. The zero-order chi connectivity index (χ0) is 14.8. The molecule has 0 unspecified atom stereocenters. The Morgan fingerprint density at radius 3 is 2.86 bits per heavy atom. The number of hydrogen-bond donors (Lipinski definition) is 0. The van der Waals surface area contributed by atoms with Crippen molar-refractivity contribution in [2.45, 2.75) is 6.54 Å². The summed E-state index contributed by atoms with van der Waals surface area (Å²) in [5.74, 6) is -0.380. The first-order valence-electron chi connectivity index (χ1n) is 6.45. The molecule has 0 amide bonds. The quantitative estimate of drug-likeness (QED) is 0.695. The third kappa shape index (κ3) is 2.76. The number of pyridine rings is 1. The number of nitrogens with zero attached hydrogens (tertiary/aromatic N) is 2. The van der Waals surface area contributed by atoms with E-state index in [1.165, 1.54) is 13.3 Å². The summed E-state index contributed by atoms with van der Waals surface area (Å²) in [5.41, 5.74) is 2.42. The Kier molecular flexibility index (Phi) is 3.62. The molecule has 0 spiro atoms. The van der Waals surface area contributed by atoms with E-state index >= 15 is 0 Å². The van der Waals surface area contributed by atoms with Gasteiger partial charge in [-0.05, 0) is 36.4 Å². The van der Waals surface area contributed by atoms with Gasteiger partial charge in [-0.3, -0.25) is 4.98 Å². The van der Waals surface area contributed by atoms with Gasteiger partial charge in [0.05, 0.1) is 24.9 Å². The molecule has 2 aromatic heterocycles. The molecule has 0 aliphatic rings. The number of fused-ring (bicyclic) bond motifs is 1. The average molecular weight is 301 g/mol. The summed E-state index contributed by atoms with van der Waals surface area (Å²) in [4.78, 5) is 15.7. The van der Waals surface area contributed by atoms with Gasteiger partial charge in [0.15, 0.2) is 0 Å². The van der Waals surface area contributed by atoms with Crippen LogP contribution in [0.25, 0.3) is 10.9 Å². The smallest absolute Gasteiger partial charge is 0.339 e. The lowest BCUT2D eigenvalue weighted by atomic mass is 10.2. The lowest BCUT2D eigenvalue weighted by Crippen LogP contribution is -2.04. The number of carbonyl (C=O) groups is 1. The zero-order valence-corrected chi connectivity index (χ0v) is 12.2. The first-order chi connectivity index (χ1) is 10.2. The minimum Gasteiger partial charge on any atom is -0.465 e. The molecule has 4 nitrogen and oxygen atoms in total. The van der Waals surface area contributed by atoms with Crippen molar-refractivity contribution in [1.29, 1.82) is 0 Å². The van der Waals surface area contributed by atoms with Gasteiger partial charge >= 0.3 is 5.97 Å². The van der Waals surface area contributed by atoms with Gasteiger partial charge in [0.1, 0.15) is 0 Å². The van der Waals surface area contributed by atoms with E-state index < -0.39 is 0 Å². The Morgan fingerprint density at radius 2 is 2.14 bits per heavy atom. The summed E-state index contributed by atoms with van der Waals surface area (Å²) in [5, 5.41) is 1.81. The molecule has 0 N–H and O–H groups in total. The molecule has 0 atom stereocenters. The van der Waals surface area contributed by atoms with Gasteiger partial charge < -0.3 is 9.30 Å². The molecule has 5 heteroatoms. The fourth-order valence-electron chi connectivity index (χ4n) is 2.24. The topological polar surface area (TPSA) is 44.1 Å². The Labute approximate surface area is 126 Å². The number of hydrogen-bond acceptors (Lipinski definition) is 3. The van der Waals surface area contributed by atoms with E-state index in [4.69, 9.17) is 11.6 Å². The van der Waals surface area contributed by atoms with Gasteiger partial charge in [-0.15, -0.1) is 0 Å². The Balaban J connectivity index is 1.86. The van der Waals surface area contributed by atoms with Crippen molar-refractivity contribution < 1.29 is 9.53 Å².